The Bertz CT molecular complexity index is 1510. The predicted molar refractivity (Wildman–Crippen MR) is 129 cm³/mol. The van der Waals surface area contributed by atoms with Gasteiger partial charge in [0.15, 0.2) is 5.49 Å². The molecule has 4 heterocycles. The molecule has 0 aromatic carbocycles. The molecule has 34 heavy (non-hydrogen) atoms. The van der Waals surface area contributed by atoms with Crippen molar-refractivity contribution in [2.24, 2.45) is 4.99 Å². The van der Waals surface area contributed by atoms with E-state index in [1.807, 2.05) is 10.6 Å². The fourth-order valence-corrected chi connectivity index (χ4v) is 5.16. The zero-order valence-electron chi connectivity index (χ0n) is 18.8. The van der Waals surface area contributed by atoms with Gasteiger partial charge in [-0.1, -0.05) is 31.4 Å². The van der Waals surface area contributed by atoms with Gasteiger partial charge in [0.25, 0.3) is 11.5 Å². The topological polar surface area (TPSA) is 95.0 Å². The third kappa shape index (κ3) is 3.96. The van der Waals surface area contributed by atoms with Gasteiger partial charge in [0.2, 0.25) is 0 Å². The number of rotatable bonds is 4. The number of fused-ring (bicyclic) bond motifs is 2. The highest BCUT2D eigenvalue weighted by Gasteiger charge is 2.25. The smallest absolute Gasteiger partial charge is 0.341 e. The third-order valence-electron chi connectivity index (χ3n) is 6.11. The van der Waals surface area contributed by atoms with Crippen LogP contribution in [0.5, 0.6) is 0 Å². The van der Waals surface area contributed by atoms with Crippen molar-refractivity contribution in [2.75, 3.05) is 6.61 Å². The van der Waals surface area contributed by atoms with Crippen molar-refractivity contribution in [3.05, 3.63) is 74.3 Å². The van der Waals surface area contributed by atoms with Crippen molar-refractivity contribution in [2.45, 2.75) is 45.1 Å². The molecule has 0 spiro atoms. The second-order valence-electron chi connectivity index (χ2n) is 8.24. The Labute approximate surface area is 199 Å². The number of nitrogens with zero attached hydrogens (tertiary/aromatic N) is 4. The molecule has 0 atom stereocenters. The molecule has 8 nitrogen and oxygen atoms in total. The summed E-state index contributed by atoms with van der Waals surface area (Å²) in [5.41, 5.74) is 0.924. The van der Waals surface area contributed by atoms with Crippen molar-refractivity contribution < 1.29 is 14.3 Å². The minimum absolute atomic E-state index is 0.0430. The predicted octanol–water partition coefficient (Wildman–Crippen LogP) is 4.13. The number of amides is 1. The van der Waals surface area contributed by atoms with Gasteiger partial charge in [0.05, 0.1) is 16.9 Å². The SMILES string of the molecule is CCOC(=O)c1cc2c(=O)n3ccccc3nc2n(C2CCCCC2)c1=NC(=O)c1cccs1. The highest BCUT2D eigenvalue weighted by molar-refractivity contribution is 7.12. The van der Waals surface area contributed by atoms with Gasteiger partial charge < -0.3 is 9.30 Å². The summed E-state index contributed by atoms with van der Waals surface area (Å²) in [7, 11) is 0. The molecule has 1 fully saturated rings. The summed E-state index contributed by atoms with van der Waals surface area (Å²) in [6, 6.07) is 10.2. The van der Waals surface area contributed by atoms with E-state index in [-0.39, 0.29) is 29.3 Å². The molecule has 0 unspecified atom stereocenters. The van der Waals surface area contributed by atoms with Gasteiger partial charge in [-0.2, -0.15) is 4.99 Å². The van der Waals surface area contributed by atoms with Gasteiger partial charge in [-0.05, 0) is 49.4 Å². The lowest BCUT2D eigenvalue weighted by molar-refractivity contribution is 0.0523. The maximum absolute atomic E-state index is 13.4. The lowest BCUT2D eigenvalue weighted by Crippen LogP contribution is -2.35. The van der Waals surface area contributed by atoms with Crippen LogP contribution < -0.4 is 11.0 Å². The molecule has 0 N–H and O–H groups in total. The Morgan fingerprint density at radius 3 is 2.74 bits per heavy atom. The first-order valence-corrected chi connectivity index (χ1v) is 12.3. The number of hydrogen-bond acceptors (Lipinski definition) is 6. The average Bonchev–Trinajstić information content (AvgIpc) is 3.40. The number of pyridine rings is 2. The van der Waals surface area contributed by atoms with Gasteiger partial charge in [-0.25, -0.2) is 9.78 Å². The number of thiophene rings is 1. The first-order valence-electron chi connectivity index (χ1n) is 11.4. The molecule has 9 heteroatoms. The number of aromatic nitrogens is 3. The lowest BCUT2D eigenvalue weighted by Gasteiger charge is -2.26. The van der Waals surface area contributed by atoms with Crippen LogP contribution in [0.2, 0.25) is 0 Å². The monoisotopic (exact) mass is 476 g/mol. The highest BCUT2D eigenvalue weighted by Crippen LogP contribution is 2.29. The minimum atomic E-state index is -0.621. The van der Waals surface area contributed by atoms with Crippen molar-refractivity contribution in [1.29, 1.82) is 0 Å². The first-order chi connectivity index (χ1) is 16.6. The van der Waals surface area contributed by atoms with Gasteiger partial charge in [0.1, 0.15) is 16.9 Å². The largest absolute Gasteiger partial charge is 0.462 e. The molecule has 0 radical (unpaired) electrons. The maximum Gasteiger partial charge on any atom is 0.341 e. The summed E-state index contributed by atoms with van der Waals surface area (Å²) in [5.74, 6) is -1.06. The molecule has 1 aliphatic carbocycles. The Hall–Kier alpha value is -3.59. The number of ether oxygens (including phenoxy) is 1. The molecule has 1 saturated carbocycles. The van der Waals surface area contributed by atoms with E-state index in [4.69, 9.17) is 9.72 Å². The third-order valence-corrected chi connectivity index (χ3v) is 6.97. The molecular formula is C25H24N4O4S. The van der Waals surface area contributed by atoms with Crippen molar-refractivity contribution >= 4 is 39.9 Å². The van der Waals surface area contributed by atoms with Crippen LogP contribution in [0.1, 0.15) is 65.1 Å². The molecule has 0 bridgehead atoms. The number of carbonyl (C=O) groups excluding carboxylic acids is 2. The average molecular weight is 477 g/mol. The van der Waals surface area contributed by atoms with Crippen molar-refractivity contribution in [1.82, 2.24) is 14.0 Å². The molecule has 4 aromatic rings. The summed E-state index contributed by atoms with van der Waals surface area (Å²) in [6.07, 6.45) is 6.47. The van der Waals surface area contributed by atoms with Crippen LogP contribution in [0.15, 0.2) is 57.8 Å². The van der Waals surface area contributed by atoms with Crippen LogP contribution in [0.4, 0.5) is 0 Å². The molecule has 174 valence electrons. The molecule has 1 aliphatic rings. The lowest BCUT2D eigenvalue weighted by atomic mass is 9.94. The minimum Gasteiger partial charge on any atom is -0.462 e. The standard InChI is InChI=1S/C25H24N4O4S/c1-2-33-25(32)18-15-17-21(26-20-12-6-7-13-28(20)24(17)31)29(16-9-4-3-5-10-16)22(18)27-23(30)19-11-8-14-34-19/h6-8,11-16H,2-5,9-10H2,1H3. The van der Waals surface area contributed by atoms with E-state index >= 15 is 0 Å². The quantitative estimate of drug-likeness (QED) is 0.326. The summed E-state index contributed by atoms with van der Waals surface area (Å²) in [5, 5.41) is 2.10. The number of hydrogen-bond donors (Lipinski definition) is 0. The summed E-state index contributed by atoms with van der Waals surface area (Å²) in [6.45, 7) is 1.87. The molecule has 5 rings (SSSR count). The van der Waals surface area contributed by atoms with Crippen LogP contribution in [-0.4, -0.2) is 32.4 Å². The van der Waals surface area contributed by atoms with Gasteiger partial charge in [0, 0.05) is 12.2 Å². The Morgan fingerprint density at radius 2 is 2.00 bits per heavy atom. The summed E-state index contributed by atoms with van der Waals surface area (Å²) < 4.78 is 8.60. The second kappa shape index (κ2) is 9.34. The van der Waals surface area contributed by atoms with Crippen LogP contribution in [-0.2, 0) is 4.74 Å². The van der Waals surface area contributed by atoms with Crippen LogP contribution >= 0.6 is 11.3 Å². The normalized spacial score (nSPS) is 15.1. The van der Waals surface area contributed by atoms with E-state index < -0.39 is 11.9 Å². The summed E-state index contributed by atoms with van der Waals surface area (Å²) >= 11 is 1.29. The van der Waals surface area contributed by atoms with E-state index in [9.17, 15) is 14.4 Å². The molecule has 0 aliphatic heterocycles. The Kier molecular flexibility index (Phi) is 6.10. The molecular weight excluding hydrogens is 452 g/mol. The zero-order chi connectivity index (χ0) is 23.7. The Morgan fingerprint density at radius 1 is 1.18 bits per heavy atom. The van der Waals surface area contributed by atoms with Gasteiger partial charge >= 0.3 is 5.97 Å². The van der Waals surface area contributed by atoms with E-state index in [1.54, 1.807) is 42.8 Å². The zero-order valence-corrected chi connectivity index (χ0v) is 19.6. The van der Waals surface area contributed by atoms with Crippen LogP contribution in [0.3, 0.4) is 0 Å². The molecule has 4 aromatic heterocycles. The van der Waals surface area contributed by atoms with Crippen molar-refractivity contribution in [3.8, 4) is 0 Å². The molecule has 0 saturated heterocycles. The second-order valence-corrected chi connectivity index (χ2v) is 9.19. The van der Waals surface area contributed by atoms with E-state index in [0.29, 0.717) is 21.6 Å². The maximum atomic E-state index is 13.4. The van der Waals surface area contributed by atoms with E-state index in [2.05, 4.69) is 4.99 Å². The highest BCUT2D eigenvalue weighted by atomic mass is 32.1. The van der Waals surface area contributed by atoms with Crippen LogP contribution in [0.25, 0.3) is 16.7 Å². The van der Waals surface area contributed by atoms with E-state index in [0.717, 1.165) is 32.1 Å². The number of carbonyl (C=O) groups is 2. The summed E-state index contributed by atoms with van der Waals surface area (Å²) in [4.78, 5) is 49.2. The fourth-order valence-electron chi connectivity index (χ4n) is 4.55. The Balaban J connectivity index is 1.91. The molecule has 1 amide bonds. The van der Waals surface area contributed by atoms with Crippen LogP contribution in [0, 0.1) is 0 Å². The number of esters is 1. The van der Waals surface area contributed by atoms with Gasteiger partial charge in [-0.3, -0.25) is 14.0 Å². The van der Waals surface area contributed by atoms with Crippen molar-refractivity contribution in [3.63, 3.8) is 0 Å². The van der Waals surface area contributed by atoms with E-state index in [1.165, 1.54) is 21.8 Å². The fraction of sp³-hybridized carbons (Fsp3) is 0.320. The van der Waals surface area contributed by atoms with Gasteiger partial charge in [-0.15, -0.1) is 11.3 Å². The first kappa shape index (κ1) is 22.2.